The first-order chi connectivity index (χ1) is 6.74. The molecule has 0 aromatic heterocycles. The Morgan fingerprint density at radius 1 is 1.14 bits per heavy atom. The second-order valence-electron chi connectivity index (χ2n) is 3.35. The van der Waals surface area contributed by atoms with E-state index in [1.54, 1.807) is 12.5 Å². The first-order valence-corrected chi connectivity index (χ1v) is 4.55. The number of hydrogen-bond donors (Lipinski definition) is 1. The molecule has 0 aliphatic carbocycles. The molecular weight excluding hydrogens is 178 g/mol. The second kappa shape index (κ2) is 3.35. The van der Waals surface area contributed by atoms with Crippen molar-refractivity contribution in [2.75, 3.05) is 0 Å². The molecule has 0 saturated heterocycles. The van der Waals surface area contributed by atoms with Gasteiger partial charge in [0.05, 0.1) is 0 Å². The molecule has 0 amide bonds. The Bertz CT molecular complexity index is 335. The average Bonchev–Trinajstić information content (AvgIpc) is 2.67. The summed E-state index contributed by atoms with van der Waals surface area (Å²) in [5, 5.41) is 0. The van der Waals surface area contributed by atoms with E-state index in [0.29, 0.717) is 6.54 Å². The maximum atomic E-state index is 5.51. The Morgan fingerprint density at radius 2 is 1.71 bits per heavy atom. The first kappa shape index (κ1) is 9.09. The van der Waals surface area contributed by atoms with Crippen molar-refractivity contribution in [3.63, 3.8) is 0 Å². The minimum Gasteiger partial charge on any atom is -0.453 e. The van der Waals surface area contributed by atoms with Crippen molar-refractivity contribution in [1.82, 2.24) is 0 Å². The Kier molecular flexibility index (Phi) is 2.17. The van der Waals surface area contributed by atoms with Crippen LogP contribution in [0.3, 0.4) is 0 Å². The molecule has 0 bridgehead atoms. The van der Waals surface area contributed by atoms with Crippen molar-refractivity contribution in [3.8, 4) is 0 Å². The van der Waals surface area contributed by atoms with Crippen LogP contribution in [0.15, 0.2) is 36.8 Å². The third-order valence-corrected chi connectivity index (χ3v) is 2.36. The monoisotopic (exact) mass is 191 g/mol. The minimum absolute atomic E-state index is 0.553. The van der Waals surface area contributed by atoms with Gasteiger partial charge in [0.15, 0.2) is 0 Å². The van der Waals surface area contributed by atoms with Crippen LogP contribution < -0.4 is 5.73 Å². The van der Waals surface area contributed by atoms with Crippen molar-refractivity contribution in [3.05, 3.63) is 47.9 Å². The largest absolute Gasteiger partial charge is 0.453 e. The number of rotatable bonds is 2. The molecule has 2 rings (SSSR count). The maximum Gasteiger partial charge on any atom is 0.273 e. The Morgan fingerprint density at radius 3 is 2.21 bits per heavy atom. The Labute approximate surface area is 83.1 Å². The predicted octanol–water partition coefficient (Wildman–Crippen LogP) is 1.84. The number of nitrogens with two attached hydrogens (primary N) is 1. The van der Waals surface area contributed by atoms with Gasteiger partial charge in [-0.1, -0.05) is 24.3 Å². The SMILES string of the molecule is CC1(c2ccc(CN)cc2)OC=CO1. The molecule has 2 N–H and O–H groups in total. The highest BCUT2D eigenvalue weighted by Crippen LogP contribution is 2.31. The van der Waals surface area contributed by atoms with Gasteiger partial charge in [0.1, 0.15) is 12.5 Å². The Hall–Kier alpha value is -1.48. The van der Waals surface area contributed by atoms with Gasteiger partial charge in [0, 0.05) is 19.0 Å². The fourth-order valence-electron chi connectivity index (χ4n) is 1.42. The van der Waals surface area contributed by atoms with Gasteiger partial charge in [-0.25, -0.2) is 0 Å². The van der Waals surface area contributed by atoms with Gasteiger partial charge < -0.3 is 15.2 Å². The molecule has 14 heavy (non-hydrogen) atoms. The number of hydrogen-bond acceptors (Lipinski definition) is 3. The van der Waals surface area contributed by atoms with Crippen LogP contribution in [0.25, 0.3) is 0 Å². The van der Waals surface area contributed by atoms with E-state index in [0.717, 1.165) is 11.1 Å². The van der Waals surface area contributed by atoms with E-state index in [-0.39, 0.29) is 0 Å². The molecule has 1 aliphatic rings. The van der Waals surface area contributed by atoms with Gasteiger partial charge in [0.2, 0.25) is 0 Å². The number of benzene rings is 1. The fourth-order valence-corrected chi connectivity index (χ4v) is 1.42. The number of ether oxygens (including phenoxy) is 2. The summed E-state index contributed by atoms with van der Waals surface area (Å²) >= 11 is 0. The van der Waals surface area contributed by atoms with Crippen LogP contribution in [-0.4, -0.2) is 0 Å². The van der Waals surface area contributed by atoms with Crippen molar-refractivity contribution < 1.29 is 9.47 Å². The Balaban J connectivity index is 2.24. The van der Waals surface area contributed by atoms with E-state index in [4.69, 9.17) is 15.2 Å². The molecule has 1 heterocycles. The summed E-state index contributed by atoms with van der Waals surface area (Å²) in [4.78, 5) is 0. The van der Waals surface area contributed by atoms with Gasteiger partial charge >= 0.3 is 0 Å². The van der Waals surface area contributed by atoms with Crippen LogP contribution in [0.4, 0.5) is 0 Å². The maximum absolute atomic E-state index is 5.51. The van der Waals surface area contributed by atoms with Crippen LogP contribution in [-0.2, 0) is 21.8 Å². The van der Waals surface area contributed by atoms with Crippen molar-refractivity contribution in [2.24, 2.45) is 5.73 Å². The molecule has 0 fully saturated rings. The predicted molar refractivity (Wildman–Crippen MR) is 53.0 cm³/mol. The normalized spacial score (nSPS) is 17.6. The molecule has 3 heteroatoms. The summed E-state index contributed by atoms with van der Waals surface area (Å²) in [6, 6.07) is 7.89. The van der Waals surface area contributed by atoms with E-state index in [9.17, 15) is 0 Å². The van der Waals surface area contributed by atoms with Gasteiger partial charge in [-0.2, -0.15) is 0 Å². The molecule has 1 aliphatic heterocycles. The lowest BCUT2D eigenvalue weighted by atomic mass is 10.1. The van der Waals surface area contributed by atoms with Gasteiger partial charge in [-0.3, -0.25) is 0 Å². The van der Waals surface area contributed by atoms with Crippen LogP contribution >= 0.6 is 0 Å². The fraction of sp³-hybridized carbons (Fsp3) is 0.273. The highest BCUT2D eigenvalue weighted by atomic mass is 16.7. The van der Waals surface area contributed by atoms with Crippen LogP contribution in [0, 0.1) is 0 Å². The zero-order valence-electron chi connectivity index (χ0n) is 8.07. The molecule has 1 aromatic carbocycles. The quantitative estimate of drug-likeness (QED) is 0.775. The standard InChI is InChI=1S/C11H13NO2/c1-11(13-6-7-14-11)10-4-2-9(8-12)3-5-10/h2-7H,8,12H2,1H3. The smallest absolute Gasteiger partial charge is 0.273 e. The third kappa shape index (κ3) is 1.46. The zero-order valence-corrected chi connectivity index (χ0v) is 8.07. The van der Waals surface area contributed by atoms with E-state index >= 15 is 0 Å². The van der Waals surface area contributed by atoms with Crippen molar-refractivity contribution >= 4 is 0 Å². The van der Waals surface area contributed by atoms with Crippen LogP contribution in [0.2, 0.25) is 0 Å². The molecular formula is C11H13NO2. The van der Waals surface area contributed by atoms with Gasteiger partial charge in [-0.05, 0) is 5.56 Å². The first-order valence-electron chi connectivity index (χ1n) is 4.55. The molecule has 0 atom stereocenters. The molecule has 1 aromatic rings. The summed E-state index contributed by atoms with van der Waals surface area (Å²) in [5.74, 6) is -0.673. The molecule has 0 saturated carbocycles. The van der Waals surface area contributed by atoms with Crippen LogP contribution in [0.5, 0.6) is 0 Å². The average molecular weight is 191 g/mol. The van der Waals surface area contributed by atoms with Gasteiger partial charge in [-0.15, -0.1) is 0 Å². The highest BCUT2D eigenvalue weighted by molar-refractivity contribution is 5.26. The van der Waals surface area contributed by atoms with Gasteiger partial charge in [0.25, 0.3) is 5.79 Å². The van der Waals surface area contributed by atoms with E-state index in [1.165, 1.54) is 0 Å². The lowest BCUT2D eigenvalue weighted by Gasteiger charge is -2.23. The lowest BCUT2D eigenvalue weighted by molar-refractivity contribution is -0.133. The summed E-state index contributed by atoms with van der Waals surface area (Å²) in [6.07, 6.45) is 3.10. The van der Waals surface area contributed by atoms with Crippen LogP contribution in [0.1, 0.15) is 18.1 Å². The summed E-state index contributed by atoms with van der Waals surface area (Å²) in [5.41, 5.74) is 7.60. The third-order valence-electron chi connectivity index (χ3n) is 2.36. The van der Waals surface area contributed by atoms with E-state index in [1.807, 2.05) is 31.2 Å². The molecule has 74 valence electrons. The summed E-state index contributed by atoms with van der Waals surface area (Å²) in [7, 11) is 0. The second-order valence-corrected chi connectivity index (χ2v) is 3.35. The molecule has 3 nitrogen and oxygen atoms in total. The summed E-state index contributed by atoms with van der Waals surface area (Å²) < 4.78 is 10.7. The zero-order chi connectivity index (χ0) is 10.0. The molecule has 0 unspecified atom stereocenters. The minimum atomic E-state index is -0.673. The summed E-state index contributed by atoms with van der Waals surface area (Å²) in [6.45, 7) is 2.43. The molecule has 0 spiro atoms. The van der Waals surface area contributed by atoms with E-state index in [2.05, 4.69) is 0 Å². The highest BCUT2D eigenvalue weighted by Gasteiger charge is 2.31. The molecule has 0 radical (unpaired) electrons. The lowest BCUT2D eigenvalue weighted by Crippen LogP contribution is -2.22. The van der Waals surface area contributed by atoms with Crippen molar-refractivity contribution in [2.45, 2.75) is 19.3 Å². The van der Waals surface area contributed by atoms with E-state index < -0.39 is 5.79 Å². The van der Waals surface area contributed by atoms with Crippen molar-refractivity contribution in [1.29, 1.82) is 0 Å². The topological polar surface area (TPSA) is 44.5 Å².